The average Bonchev–Trinajstić information content (AvgIpc) is 2.46. The van der Waals surface area contributed by atoms with Gasteiger partial charge in [-0.3, -0.25) is 19.6 Å². The second-order valence-corrected chi connectivity index (χ2v) is 6.52. The third kappa shape index (κ3) is 3.49. The Hall–Kier alpha value is -3.01. The van der Waals surface area contributed by atoms with E-state index in [1.54, 1.807) is 0 Å². The number of sulfonamides is 1. The standard InChI is InChI=1S/C14H12FN3O5S/c1-8-6-11(15)13(7-12(8)18(20)21)24(22,23)17-10-4-2-9(3-5-10)14(16)19/h2-7,17H,1H3,(H2,16,19). The smallest absolute Gasteiger partial charge is 0.273 e. The van der Waals surface area contributed by atoms with Crippen molar-refractivity contribution in [3.8, 4) is 0 Å². The van der Waals surface area contributed by atoms with E-state index >= 15 is 0 Å². The maximum atomic E-state index is 14.0. The zero-order valence-corrected chi connectivity index (χ0v) is 13.1. The van der Waals surface area contributed by atoms with Crippen molar-refractivity contribution in [2.45, 2.75) is 11.8 Å². The lowest BCUT2D eigenvalue weighted by Crippen LogP contribution is -2.16. The van der Waals surface area contributed by atoms with Crippen LogP contribution in [-0.4, -0.2) is 19.2 Å². The molecule has 0 aliphatic rings. The van der Waals surface area contributed by atoms with Gasteiger partial charge in [0.15, 0.2) is 0 Å². The first-order chi connectivity index (χ1) is 11.1. The number of nitrogens with two attached hydrogens (primary N) is 1. The van der Waals surface area contributed by atoms with E-state index in [1.165, 1.54) is 31.2 Å². The Morgan fingerprint density at radius 3 is 2.33 bits per heavy atom. The van der Waals surface area contributed by atoms with Crippen molar-refractivity contribution < 1.29 is 22.5 Å². The number of carbonyl (C=O) groups excluding carboxylic acids is 1. The summed E-state index contributed by atoms with van der Waals surface area (Å²) in [5, 5.41) is 10.9. The molecular weight excluding hydrogens is 341 g/mol. The molecule has 0 spiro atoms. The monoisotopic (exact) mass is 353 g/mol. The maximum Gasteiger partial charge on any atom is 0.273 e. The predicted molar refractivity (Wildman–Crippen MR) is 83.6 cm³/mol. The average molecular weight is 353 g/mol. The third-order valence-corrected chi connectivity index (χ3v) is 4.55. The number of primary amides is 1. The molecule has 8 nitrogen and oxygen atoms in total. The second-order valence-electron chi connectivity index (χ2n) is 4.87. The Bertz CT molecular complexity index is 926. The molecule has 0 saturated heterocycles. The van der Waals surface area contributed by atoms with Gasteiger partial charge < -0.3 is 5.73 Å². The Balaban J connectivity index is 2.42. The van der Waals surface area contributed by atoms with Gasteiger partial charge >= 0.3 is 0 Å². The van der Waals surface area contributed by atoms with Crippen molar-refractivity contribution in [3.05, 3.63) is 63.5 Å². The number of anilines is 1. The predicted octanol–water partition coefficient (Wildman–Crippen LogP) is 1.94. The molecule has 0 aliphatic carbocycles. The number of benzene rings is 2. The Morgan fingerprint density at radius 1 is 1.25 bits per heavy atom. The Labute approximate surface area is 136 Å². The van der Waals surface area contributed by atoms with Gasteiger partial charge in [-0.25, -0.2) is 12.8 Å². The van der Waals surface area contributed by atoms with Gasteiger partial charge in [-0.15, -0.1) is 0 Å². The highest BCUT2D eigenvalue weighted by Gasteiger charge is 2.25. The molecular formula is C14H12FN3O5S. The fourth-order valence-electron chi connectivity index (χ4n) is 1.96. The number of nitro benzene ring substituents is 1. The van der Waals surface area contributed by atoms with Crippen molar-refractivity contribution >= 4 is 27.3 Å². The summed E-state index contributed by atoms with van der Waals surface area (Å²) in [5.74, 6) is -1.80. The Kier molecular flexibility index (Phi) is 4.51. The first kappa shape index (κ1) is 17.3. The Morgan fingerprint density at radius 2 is 1.83 bits per heavy atom. The van der Waals surface area contributed by atoms with Gasteiger partial charge in [-0.2, -0.15) is 0 Å². The van der Waals surface area contributed by atoms with Gasteiger partial charge in [0, 0.05) is 22.9 Å². The third-order valence-electron chi connectivity index (χ3n) is 3.16. The van der Waals surface area contributed by atoms with Crippen molar-refractivity contribution in [2.24, 2.45) is 5.73 Å². The lowest BCUT2D eigenvalue weighted by molar-refractivity contribution is -0.385. The number of hydrogen-bond acceptors (Lipinski definition) is 5. The molecule has 0 radical (unpaired) electrons. The molecule has 0 aromatic heterocycles. The van der Waals surface area contributed by atoms with Gasteiger partial charge in [0.05, 0.1) is 4.92 Å². The molecule has 0 fully saturated rings. The van der Waals surface area contributed by atoms with Gasteiger partial charge in [0.2, 0.25) is 5.91 Å². The highest BCUT2D eigenvalue weighted by atomic mass is 32.2. The number of carbonyl (C=O) groups is 1. The van der Waals surface area contributed by atoms with E-state index in [2.05, 4.69) is 4.72 Å². The first-order valence-corrected chi connectivity index (χ1v) is 7.97. The zero-order valence-electron chi connectivity index (χ0n) is 12.3. The summed E-state index contributed by atoms with van der Waals surface area (Å²) >= 11 is 0. The van der Waals surface area contributed by atoms with Crippen molar-refractivity contribution in [1.82, 2.24) is 0 Å². The SMILES string of the molecule is Cc1cc(F)c(S(=O)(=O)Nc2ccc(C(N)=O)cc2)cc1[N+](=O)[O-]. The normalized spacial score (nSPS) is 11.1. The fraction of sp³-hybridized carbons (Fsp3) is 0.0714. The molecule has 3 N–H and O–H groups in total. The number of nitrogens with one attached hydrogen (secondary N) is 1. The van der Waals surface area contributed by atoms with Gasteiger partial charge in [-0.05, 0) is 37.3 Å². The van der Waals surface area contributed by atoms with E-state index in [9.17, 15) is 27.7 Å². The minimum atomic E-state index is -4.40. The van der Waals surface area contributed by atoms with Crippen molar-refractivity contribution in [2.75, 3.05) is 4.72 Å². The first-order valence-electron chi connectivity index (χ1n) is 6.49. The summed E-state index contributed by atoms with van der Waals surface area (Å²) in [6.07, 6.45) is 0. The number of rotatable bonds is 5. The fourth-order valence-corrected chi connectivity index (χ4v) is 3.10. The van der Waals surface area contributed by atoms with Gasteiger partial charge in [0.1, 0.15) is 10.7 Å². The van der Waals surface area contributed by atoms with Crippen LogP contribution < -0.4 is 10.5 Å². The molecule has 0 unspecified atom stereocenters. The second kappa shape index (κ2) is 6.24. The van der Waals surface area contributed by atoms with Crippen molar-refractivity contribution in [1.29, 1.82) is 0 Å². The van der Waals surface area contributed by atoms with Crippen LogP contribution in [0, 0.1) is 22.9 Å². The molecule has 2 aromatic carbocycles. The van der Waals surface area contributed by atoms with Gasteiger partial charge in [-0.1, -0.05) is 0 Å². The molecule has 1 amide bonds. The largest absolute Gasteiger partial charge is 0.366 e. The summed E-state index contributed by atoms with van der Waals surface area (Å²) < 4.78 is 40.6. The number of aryl methyl sites for hydroxylation is 1. The molecule has 0 saturated carbocycles. The van der Waals surface area contributed by atoms with Crippen LogP contribution in [0.4, 0.5) is 15.8 Å². The van der Waals surface area contributed by atoms with E-state index in [-0.39, 0.29) is 16.8 Å². The zero-order chi connectivity index (χ0) is 18.1. The van der Waals surface area contributed by atoms with Crippen LogP contribution >= 0.6 is 0 Å². The lowest BCUT2D eigenvalue weighted by atomic mass is 10.2. The van der Waals surface area contributed by atoms with Crippen LogP contribution in [0.3, 0.4) is 0 Å². The minimum absolute atomic E-state index is 0.00209. The molecule has 0 bridgehead atoms. The van der Waals surface area contributed by atoms with Crippen LogP contribution in [-0.2, 0) is 10.0 Å². The van der Waals surface area contributed by atoms with Crippen molar-refractivity contribution in [3.63, 3.8) is 0 Å². The molecule has 10 heteroatoms. The summed E-state index contributed by atoms with van der Waals surface area (Å²) in [4.78, 5) is 20.2. The number of hydrogen-bond donors (Lipinski definition) is 2. The quantitative estimate of drug-likeness (QED) is 0.626. The summed E-state index contributed by atoms with van der Waals surface area (Å²) in [5.41, 5.74) is 4.77. The number of nitrogens with zero attached hydrogens (tertiary/aromatic N) is 1. The van der Waals surface area contributed by atoms with Crippen LogP contribution in [0.25, 0.3) is 0 Å². The van der Waals surface area contributed by atoms with Crippen LogP contribution in [0.1, 0.15) is 15.9 Å². The summed E-state index contributed by atoms with van der Waals surface area (Å²) in [7, 11) is -4.40. The minimum Gasteiger partial charge on any atom is -0.366 e. The van der Waals surface area contributed by atoms with E-state index < -0.39 is 37.3 Å². The molecule has 0 atom stereocenters. The summed E-state index contributed by atoms with van der Waals surface area (Å²) in [6.45, 7) is 1.30. The van der Waals surface area contributed by atoms with Crippen LogP contribution in [0.15, 0.2) is 41.3 Å². The van der Waals surface area contributed by atoms with E-state index in [0.717, 1.165) is 6.07 Å². The number of amides is 1. The van der Waals surface area contributed by atoms with Crippen LogP contribution in [0.5, 0.6) is 0 Å². The highest BCUT2D eigenvalue weighted by molar-refractivity contribution is 7.92. The topological polar surface area (TPSA) is 132 Å². The molecule has 0 aliphatic heterocycles. The van der Waals surface area contributed by atoms with Crippen LogP contribution in [0.2, 0.25) is 0 Å². The summed E-state index contributed by atoms with van der Waals surface area (Å²) in [6, 6.07) is 6.53. The van der Waals surface area contributed by atoms with Gasteiger partial charge in [0.25, 0.3) is 15.7 Å². The molecule has 2 rings (SSSR count). The molecule has 24 heavy (non-hydrogen) atoms. The molecule has 126 valence electrons. The highest BCUT2D eigenvalue weighted by Crippen LogP contribution is 2.26. The molecule has 0 heterocycles. The van der Waals surface area contributed by atoms with E-state index in [4.69, 9.17) is 5.73 Å². The lowest BCUT2D eigenvalue weighted by Gasteiger charge is -2.10. The molecule has 2 aromatic rings. The number of nitro groups is 1. The van der Waals surface area contributed by atoms with E-state index in [0.29, 0.717) is 6.07 Å². The maximum absolute atomic E-state index is 14.0. The number of halogens is 1. The van der Waals surface area contributed by atoms with E-state index in [1.807, 2.05) is 0 Å².